The van der Waals surface area contributed by atoms with E-state index in [1.807, 2.05) is 68.4 Å². The van der Waals surface area contributed by atoms with Gasteiger partial charge in [0.25, 0.3) is 0 Å². The van der Waals surface area contributed by atoms with Crippen LogP contribution in [0.2, 0.25) is 0 Å². The van der Waals surface area contributed by atoms with Gasteiger partial charge >= 0.3 is 6.03 Å². The molecule has 156 valence electrons. The van der Waals surface area contributed by atoms with Gasteiger partial charge < -0.3 is 0 Å². The quantitative estimate of drug-likeness (QED) is 0.782. The van der Waals surface area contributed by atoms with Crippen LogP contribution in [0.1, 0.15) is 38.2 Å². The Bertz CT molecular complexity index is 1160. The number of rotatable bonds is 2. The van der Waals surface area contributed by atoms with Crippen molar-refractivity contribution in [2.45, 2.75) is 32.6 Å². The molecule has 2 heterocycles. The largest absolute Gasteiger partial charge is 0.326 e. The first-order chi connectivity index (χ1) is 14.8. The van der Waals surface area contributed by atoms with Crippen molar-refractivity contribution < 1.29 is 14.4 Å². The fourth-order valence-corrected chi connectivity index (χ4v) is 4.89. The summed E-state index contributed by atoms with van der Waals surface area (Å²) in [6.45, 7) is 4.08. The number of amidine groups is 1. The molecule has 31 heavy (non-hydrogen) atoms. The average molecular weight is 413 g/mol. The summed E-state index contributed by atoms with van der Waals surface area (Å²) in [6.07, 6.45) is 1.04. The molecule has 6 nitrogen and oxygen atoms in total. The number of nitrogens with zero attached hydrogens (tertiary/aromatic N) is 1. The predicted octanol–water partition coefficient (Wildman–Crippen LogP) is 3.95. The maximum atomic E-state index is 13.2. The van der Waals surface area contributed by atoms with Crippen LogP contribution in [0, 0.1) is 11.3 Å². The Balaban J connectivity index is 1.62. The molecule has 1 fully saturated rings. The van der Waals surface area contributed by atoms with Gasteiger partial charge in [0, 0.05) is 17.9 Å². The lowest BCUT2D eigenvalue weighted by molar-refractivity contribution is -0.123. The van der Waals surface area contributed by atoms with Crippen molar-refractivity contribution in [2.75, 3.05) is 0 Å². The number of fused-ring (bicyclic) bond motifs is 1. The number of carbonyl (C=O) groups excluding carboxylic acids is 3. The highest BCUT2D eigenvalue weighted by molar-refractivity contribution is 6.20. The number of amides is 3. The SMILES string of the molecule is CC1(C)CC(=O)C2=C(C1)N=C1NC(=O)NC(=O)C1C2c1ccc(-c2ccccc2)cc1. The van der Waals surface area contributed by atoms with Gasteiger partial charge in [-0.3, -0.25) is 20.2 Å². The molecule has 3 amide bonds. The van der Waals surface area contributed by atoms with Crippen molar-refractivity contribution in [3.63, 3.8) is 0 Å². The van der Waals surface area contributed by atoms with E-state index in [9.17, 15) is 14.4 Å². The Labute approximate surface area is 180 Å². The average Bonchev–Trinajstić information content (AvgIpc) is 2.72. The van der Waals surface area contributed by atoms with Crippen molar-refractivity contribution in [3.8, 4) is 11.1 Å². The maximum absolute atomic E-state index is 13.2. The summed E-state index contributed by atoms with van der Waals surface area (Å²) in [4.78, 5) is 42.6. The van der Waals surface area contributed by atoms with Crippen LogP contribution >= 0.6 is 0 Å². The molecule has 2 atom stereocenters. The number of urea groups is 1. The molecule has 3 aliphatic rings. The lowest BCUT2D eigenvalue weighted by Crippen LogP contribution is -2.59. The van der Waals surface area contributed by atoms with Crippen molar-refractivity contribution in [2.24, 2.45) is 16.3 Å². The molecule has 0 spiro atoms. The Hall–Kier alpha value is -3.54. The highest BCUT2D eigenvalue weighted by Crippen LogP contribution is 2.47. The summed E-state index contributed by atoms with van der Waals surface area (Å²) >= 11 is 0. The second-order valence-corrected chi connectivity index (χ2v) is 9.19. The highest BCUT2D eigenvalue weighted by atomic mass is 16.2. The second-order valence-electron chi connectivity index (χ2n) is 9.19. The third-order valence-corrected chi connectivity index (χ3v) is 6.23. The van der Waals surface area contributed by atoms with Crippen LogP contribution in [0.5, 0.6) is 0 Å². The minimum atomic E-state index is -0.732. The summed E-state index contributed by atoms with van der Waals surface area (Å²) in [5.74, 6) is -1.28. The van der Waals surface area contributed by atoms with Crippen LogP contribution in [-0.2, 0) is 9.59 Å². The third-order valence-electron chi connectivity index (χ3n) is 6.23. The minimum absolute atomic E-state index is 0.0240. The Morgan fingerprint density at radius 1 is 0.839 bits per heavy atom. The van der Waals surface area contributed by atoms with E-state index in [4.69, 9.17) is 0 Å². The molecule has 2 aromatic rings. The smallest absolute Gasteiger partial charge is 0.295 e. The van der Waals surface area contributed by atoms with Gasteiger partial charge in [-0.1, -0.05) is 68.4 Å². The van der Waals surface area contributed by atoms with E-state index >= 15 is 0 Å². The molecule has 2 unspecified atom stereocenters. The van der Waals surface area contributed by atoms with Crippen LogP contribution in [-0.4, -0.2) is 23.6 Å². The normalized spacial score (nSPS) is 24.6. The second kappa shape index (κ2) is 7.01. The first-order valence-electron chi connectivity index (χ1n) is 10.4. The number of aliphatic imine (C=N–C) groups is 1. The number of imide groups is 1. The van der Waals surface area contributed by atoms with Crippen molar-refractivity contribution >= 4 is 23.6 Å². The van der Waals surface area contributed by atoms with E-state index in [0.717, 1.165) is 16.7 Å². The zero-order valence-corrected chi connectivity index (χ0v) is 17.4. The van der Waals surface area contributed by atoms with Gasteiger partial charge in [-0.15, -0.1) is 0 Å². The van der Waals surface area contributed by atoms with E-state index in [0.29, 0.717) is 29.9 Å². The predicted molar refractivity (Wildman–Crippen MR) is 117 cm³/mol. The molecule has 1 aliphatic carbocycles. The summed E-state index contributed by atoms with van der Waals surface area (Å²) in [5.41, 5.74) is 4.09. The first kappa shape index (κ1) is 19.4. The van der Waals surface area contributed by atoms with Crippen LogP contribution in [0.3, 0.4) is 0 Å². The van der Waals surface area contributed by atoms with Gasteiger partial charge in [0.2, 0.25) is 5.91 Å². The van der Waals surface area contributed by atoms with Crippen LogP contribution in [0.15, 0.2) is 70.9 Å². The lowest BCUT2D eigenvalue weighted by Gasteiger charge is -2.40. The Morgan fingerprint density at radius 2 is 1.52 bits per heavy atom. The summed E-state index contributed by atoms with van der Waals surface area (Å²) in [5, 5.41) is 5.03. The van der Waals surface area contributed by atoms with Gasteiger partial charge in [-0.2, -0.15) is 0 Å². The molecular formula is C25H23N3O3. The van der Waals surface area contributed by atoms with E-state index in [2.05, 4.69) is 15.6 Å². The number of hydrogen-bond acceptors (Lipinski definition) is 4. The molecule has 2 N–H and O–H groups in total. The first-order valence-corrected chi connectivity index (χ1v) is 10.4. The monoisotopic (exact) mass is 413 g/mol. The Morgan fingerprint density at radius 3 is 2.23 bits per heavy atom. The molecule has 0 bridgehead atoms. The zero-order chi connectivity index (χ0) is 21.8. The van der Waals surface area contributed by atoms with Gasteiger partial charge in [0.05, 0.1) is 5.70 Å². The standard InChI is InChI=1S/C25H23N3O3/c1-25(2)12-17-20(18(29)13-25)19(21-22(26-17)27-24(31)28-23(21)30)16-10-8-15(9-11-16)14-6-4-3-5-7-14/h3-11,19,21H,12-13H2,1-2H3,(H2,26,27,28,30,31). The lowest BCUT2D eigenvalue weighted by atomic mass is 9.67. The molecule has 1 saturated heterocycles. The van der Waals surface area contributed by atoms with Crippen molar-refractivity contribution in [3.05, 3.63) is 71.4 Å². The number of hydrogen-bond donors (Lipinski definition) is 2. The van der Waals surface area contributed by atoms with Crippen LogP contribution in [0.4, 0.5) is 4.79 Å². The Kier molecular flexibility index (Phi) is 4.39. The minimum Gasteiger partial charge on any atom is -0.295 e. The molecule has 2 aromatic carbocycles. The van der Waals surface area contributed by atoms with E-state index in [1.54, 1.807) is 0 Å². The summed E-state index contributed by atoms with van der Waals surface area (Å²) < 4.78 is 0. The molecule has 2 aliphatic heterocycles. The molecule has 6 heteroatoms. The number of allylic oxidation sites excluding steroid dienone is 2. The van der Waals surface area contributed by atoms with Gasteiger partial charge in [-0.05, 0) is 28.5 Å². The van der Waals surface area contributed by atoms with Crippen LogP contribution in [0.25, 0.3) is 11.1 Å². The fraction of sp³-hybridized carbons (Fsp3) is 0.280. The third kappa shape index (κ3) is 3.38. The number of ketones is 1. The summed E-state index contributed by atoms with van der Waals surface area (Å²) in [7, 11) is 0. The molecular weight excluding hydrogens is 390 g/mol. The zero-order valence-electron chi connectivity index (χ0n) is 17.4. The van der Waals surface area contributed by atoms with Crippen LogP contribution < -0.4 is 10.6 Å². The highest BCUT2D eigenvalue weighted by Gasteiger charge is 2.48. The molecule has 0 radical (unpaired) electrons. The topological polar surface area (TPSA) is 87.6 Å². The molecule has 5 rings (SSSR count). The van der Waals surface area contributed by atoms with E-state index in [1.165, 1.54) is 0 Å². The number of carbonyl (C=O) groups is 3. The fourth-order valence-electron chi connectivity index (χ4n) is 4.89. The summed E-state index contributed by atoms with van der Waals surface area (Å²) in [6, 6.07) is 17.4. The van der Waals surface area contributed by atoms with Gasteiger partial charge in [0.15, 0.2) is 5.78 Å². The number of Topliss-reactive ketones (excluding diaryl/α,β-unsaturated/α-hetero) is 1. The van der Waals surface area contributed by atoms with E-state index < -0.39 is 23.8 Å². The van der Waals surface area contributed by atoms with Gasteiger partial charge in [-0.25, -0.2) is 9.79 Å². The van der Waals surface area contributed by atoms with Crippen molar-refractivity contribution in [1.82, 2.24) is 10.6 Å². The van der Waals surface area contributed by atoms with E-state index in [-0.39, 0.29) is 11.2 Å². The number of nitrogens with one attached hydrogen (secondary N) is 2. The molecule has 0 saturated carbocycles. The number of benzene rings is 2. The molecule has 0 aromatic heterocycles. The van der Waals surface area contributed by atoms with Gasteiger partial charge in [0.1, 0.15) is 11.8 Å². The maximum Gasteiger partial charge on any atom is 0.326 e. The van der Waals surface area contributed by atoms with Crippen molar-refractivity contribution in [1.29, 1.82) is 0 Å².